The van der Waals surface area contributed by atoms with Crippen LogP contribution in [0.25, 0.3) is 0 Å². The second-order valence-corrected chi connectivity index (χ2v) is 7.89. The molecule has 0 unspecified atom stereocenters. The quantitative estimate of drug-likeness (QED) is 0.836. The minimum atomic E-state index is -0.342. The highest BCUT2D eigenvalue weighted by Gasteiger charge is 2.48. The van der Waals surface area contributed by atoms with E-state index in [1.165, 1.54) is 5.56 Å². The van der Waals surface area contributed by atoms with Gasteiger partial charge in [0.15, 0.2) is 0 Å². The zero-order valence-electron chi connectivity index (χ0n) is 16.1. The third kappa shape index (κ3) is 3.89. The summed E-state index contributed by atoms with van der Waals surface area (Å²) in [4.78, 5) is 21.6. The number of aryl methyl sites for hydroxylation is 1. The van der Waals surface area contributed by atoms with E-state index in [0.29, 0.717) is 6.54 Å². The Hall–Kier alpha value is -2.24. The lowest BCUT2D eigenvalue weighted by atomic mass is 9.85. The first-order valence-electron chi connectivity index (χ1n) is 9.66. The molecular formula is C22H27N3O2. The van der Waals surface area contributed by atoms with E-state index in [0.717, 1.165) is 37.4 Å². The lowest BCUT2D eigenvalue weighted by Crippen LogP contribution is -2.67. The number of amides is 1. The molecule has 2 saturated heterocycles. The smallest absolute Gasteiger partial charge is 0.249 e. The number of hydrogen-bond donors (Lipinski definition) is 0. The summed E-state index contributed by atoms with van der Waals surface area (Å²) in [6.07, 6.45) is 0.918. The van der Waals surface area contributed by atoms with Gasteiger partial charge in [0.1, 0.15) is 6.61 Å². The van der Waals surface area contributed by atoms with E-state index < -0.39 is 0 Å². The monoisotopic (exact) mass is 365 g/mol. The van der Waals surface area contributed by atoms with E-state index in [1.807, 2.05) is 36.1 Å². The van der Waals surface area contributed by atoms with Gasteiger partial charge in [0.25, 0.3) is 0 Å². The Labute approximate surface area is 161 Å². The van der Waals surface area contributed by atoms with Gasteiger partial charge in [0.2, 0.25) is 5.91 Å². The van der Waals surface area contributed by atoms with Crippen molar-refractivity contribution in [2.45, 2.75) is 45.0 Å². The van der Waals surface area contributed by atoms with Crippen LogP contribution >= 0.6 is 0 Å². The standard InChI is InChI=1S/C22H27N3O2/c1-17-7-6-10-19(23-17)14-24-12-11-20-22(2,16-24)27-15-21(26)25(20)13-18-8-4-3-5-9-18/h3-10,20H,11-16H2,1-2H3/t20-,22-/m1/s1. The van der Waals surface area contributed by atoms with Crippen LogP contribution in [0.3, 0.4) is 0 Å². The van der Waals surface area contributed by atoms with E-state index in [1.54, 1.807) is 0 Å². The molecule has 0 N–H and O–H groups in total. The Kier molecular flexibility index (Phi) is 4.98. The maximum atomic E-state index is 12.6. The SMILES string of the molecule is Cc1cccc(CN2CC[C@H]3N(Cc4ccccc4)C(=O)CO[C@]3(C)C2)n1. The fourth-order valence-corrected chi connectivity index (χ4v) is 4.38. The minimum Gasteiger partial charge on any atom is -0.362 e. The first-order chi connectivity index (χ1) is 13.0. The highest BCUT2D eigenvalue weighted by atomic mass is 16.5. The van der Waals surface area contributed by atoms with E-state index in [4.69, 9.17) is 4.74 Å². The highest BCUT2D eigenvalue weighted by Crippen LogP contribution is 2.34. The summed E-state index contributed by atoms with van der Waals surface area (Å²) in [5.74, 6) is 0.0927. The Morgan fingerprint density at radius 3 is 2.74 bits per heavy atom. The van der Waals surface area contributed by atoms with Gasteiger partial charge < -0.3 is 9.64 Å². The summed E-state index contributed by atoms with van der Waals surface area (Å²) in [7, 11) is 0. The molecule has 142 valence electrons. The van der Waals surface area contributed by atoms with Crippen LogP contribution in [0.15, 0.2) is 48.5 Å². The van der Waals surface area contributed by atoms with Crippen molar-refractivity contribution in [2.24, 2.45) is 0 Å². The van der Waals surface area contributed by atoms with E-state index in [2.05, 4.69) is 41.1 Å². The number of aromatic nitrogens is 1. The lowest BCUT2D eigenvalue weighted by Gasteiger charge is -2.53. The van der Waals surface area contributed by atoms with Crippen molar-refractivity contribution in [1.82, 2.24) is 14.8 Å². The van der Waals surface area contributed by atoms with Gasteiger partial charge in [-0.25, -0.2) is 0 Å². The molecule has 2 fully saturated rings. The van der Waals surface area contributed by atoms with Crippen LogP contribution in [0.2, 0.25) is 0 Å². The molecule has 2 atom stereocenters. The number of rotatable bonds is 4. The van der Waals surface area contributed by atoms with Crippen LogP contribution < -0.4 is 0 Å². The molecule has 1 aromatic heterocycles. The molecule has 0 aliphatic carbocycles. The predicted octanol–water partition coefficient (Wildman–Crippen LogP) is 2.78. The Morgan fingerprint density at radius 2 is 1.96 bits per heavy atom. The molecule has 2 aliphatic heterocycles. The van der Waals surface area contributed by atoms with Crippen molar-refractivity contribution >= 4 is 5.91 Å². The number of pyridine rings is 1. The Bertz CT molecular complexity index is 810. The van der Waals surface area contributed by atoms with Crippen molar-refractivity contribution in [3.8, 4) is 0 Å². The molecule has 1 aromatic carbocycles. The van der Waals surface area contributed by atoms with Gasteiger partial charge in [0.05, 0.1) is 17.3 Å². The summed E-state index contributed by atoms with van der Waals surface area (Å²) in [5.41, 5.74) is 2.96. The maximum Gasteiger partial charge on any atom is 0.249 e. The van der Waals surface area contributed by atoms with E-state index in [9.17, 15) is 4.79 Å². The second kappa shape index (κ2) is 7.41. The van der Waals surface area contributed by atoms with Gasteiger partial charge in [-0.3, -0.25) is 14.7 Å². The largest absolute Gasteiger partial charge is 0.362 e. The Morgan fingerprint density at radius 1 is 1.15 bits per heavy atom. The molecule has 4 rings (SSSR count). The summed E-state index contributed by atoms with van der Waals surface area (Å²) in [6, 6.07) is 16.5. The fraction of sp³-hybridized carbons (Fsp3) is 0.455. The van der Waals surface area contributed by atoms with E-state index in [-0.39, 0.29) is 24.2 Å². The zero-order valence-corrected chi connectivity index (χ0v) is 16.1. The minimum absolute atomic E-state index is 0.0927. The molecule has 5 nitrogen and oxygen atoms in total. The fourth-order valence-electron chi connectivity index (χ4n) is 4.38. The number of hydrogen-bond acceptors (Lipinski definition) is 4. The maximum absolute atomic E-state index is 12.6. The highest BCUT2D eigenvalue weighted by molar-refractivity contribution is 5.79. The van der Waals surface area contributed by atoms with Crippen molar-refractivity contribution in [3.63, 3.8) is 0 Å². The number of piperidine rings is 1. The molecule has 2 aliphatic rings. The number of nitrogens with zero attached hydrogens (tertiary/aromatic N) is 3. The topological polar surface area (TPSA) is 45.7 Å². The normalized spacial score (nSPS) is 26.1. The third-order valence-electron chi connectivity index (χ3n) is 5.71. The van der Waals surface area contributed by atoms with Gasteiger partial charge in [-0.1, -0.05) is 36.4 Å². The molecule has 27 heavy (non-hydrogen) atoms. The van der Waals surface area contributed by atoms with Crippen LogP contribution in [0, 0.1) is 6.92 Å². The second-order valence-electron chi connectivity index (χ2n) is 7.89. The first kappa shape index (κ1) is 18.1. The van der Waals surface area contributed by atoms with Gasteiger partial charge in [-0.05, 0) is 38.0 Å². The number of morpholine rings is 1. The van der Waals surface area contributed by atoms with Gasteiger partial charge >= 0.3 is 0 Å². The molecule has 0 bridgehead atoms. The summed E-state index contributed by atoms with van der Waals surface area (Å²) in [6.45, 7) is 7.56. The molecule has 0 radical (unpaired) electrons. The first-order valence-corrected chi connectivity index (χ1v) is 9.66. The third-order valence-corrected chi connectivity index (χ3v) is 5.71. The molecule has 2 aromatic rings. The summed E-state index contributed by atoms with van der Waals surface area (Å²) in [5, 5.41) is 0. The van der Waals surface area contributed by atoms with Crippen LogP contribution in [-0.2, 0) is 22.6 Å². The number of fused-ring (bicyclic) bond motifs is 1. The molecule has 0 spiro atoms. The van der Waals surface area contributed by atoms with E-state index >= 15 is 0 Å². The van der Waals surface area contributed by atoms with Crippen LogP contribution in [0.1, 0.15) is 30.3 Å². The molecule has 5 heteroatoms. The number of carbonyl (C=O) groups is 1. The molecular weight excluding hydrogens is 338 g/mol. The molecule has 1 amide bonds. The van der Waals surface area contributed by atoms with Gasteiger partial charge in [0, 0.05) is 31.9 Å². The van der Waals surface area contributed by atoms with Crippen LogP contribution in [0.4, 0.5) is 0 Å². The molecule has 0 saturated carbocycles. The average molecular weight is 365 g/mol. The zero-order chi connectivity index (χ0) is 18.9. The van der Waals surface area contributed by atoms with Crippen molar-refractivity contribution in [3.05, 3.63) is 65.5 Å². The number of ether oxygens (including phenoxy) is 1. The number of benzene rings is 1. The lowest BCUT2D eigenvalue weighted by molar-refractivity contribution is -0.189. The number of carbonyl (C=O) groups excluding carboxylic acids is 1. The van der Waals surface area contributed by atoms with Crippen LogP contribution in [-0.4, -0.2) is 52.0 Å². The Balaban J connectivity index is 1.48. The van der Waals surface area contributed by atoms with Gasteiger partial charge in [-0.2, -0.15) is 0 Å². The van der Waals surface area contributed by atoms with Gasteiger partial charge in [-0.15, -0.1) is 0 Å². The van der Waals surface area contributed by atoms with Crippen molar-refractivity contribution in [1.29, 1.82) is 0 Å². The predicted molar refractivity (Wildman–Crippen MR) is 104 cm³/mol. The van der Waals surface area contributed by atoms with Crippen LogP contribution in [0.5, 0.6) is 0 Å². The summed E-state index contributed by atoms with van der Waals surface area (Å²) < 4.78 is 6.09. The van der Waals surface area contributed by atoms with Crippen molar-refractivity contribution in [2.75, 3.05) is 19.7 Å². The molecule has 3 heterocycles. The average Bonchev–Trinajstić information content (AvgIpc) is 2.65. The summed E-state index contributed by atoms with van der Waals surface area (Å²) >= 11 is 0. The van der Waals surface area contributed by atoms with Crippen molar-refractivity contribution < 1.29 is 9.53 Å². The number of likely N-dealkylation sites (tertiary alicyclic amines) is 1.